The largest absolute Gasteiger partial charge is 0.308 e. The SMILES string of the molecule is O=P(c1ccccc1S(=O)(=O)O)(c1ccccc1S(=O)(=O)O)c1ccccc1S(=O)(=O)O. The first-order valence-electron chi connectivity index (χ1n) is 8.50. The summed E-state index contributed by atoms with van der Waals surface area (Å²) in [6.45, 7) is 0. The molecular formula is C18H15O10PS3. The molecule has 3 aromatic rings. The van der Waals surface area contributed by atoms with Crippen LogP contribution in [0, 0.1) is 0 Å². The van der Waals surface area contributed by atoms with Gasteiger partial charge in [0.15, 0.2) is 7.14 Å². The Bertz CT molecular complexity index is 1390. The van der Waals surface area contributed by atoms with Gasteiger partial charge in [0.1, 0.15) is 14.7 Å². The van der Waals surface area contributed by atoms with Gasteiger partial charge < -0.3 is 4.57 Å². The molecule has 32 heavy (non-hydrogen) atoms. The van der Waals surface area contributed by atoms with E-state index in [2.05, 4.69) is 0 Å². The van der Waals surface area contributed by atoms with Crippen LogP contribution in [0.15, 0.2) is 87.5 Å². The minimum atomic E-state index is -5.03. The number of benzene rings is 3. The van der Waals surface area contributed by atoms with Crippen LogP contribution in [0.3, 0.4) is 0 Å². The van der Waals surface area contributed by atoms with Crippen molar-refractivity contribution in [2.75, 3.05) is 0 Å². The normalized spacial score (nSPS) is 13.1. The van der Waals surface area contributed by atoms with Gasteiger partial charge in [0.25, 0.3) is 30.4 Å². The van der Waals surface area contributed by atoms with Crippen molar-refractivity contribution in [3.8, 4) is 0 Å². The van der Waals surface area contributed by atoms with Crippen LogP contribution in [0.5, 0.6) is 0 Å². The Labute approximate surface area is 184 Å². The fraction of sp³-hybridized carbons (Fsp3) is 0. The van der Waals surface area contributed by atoms with E-state index in [0.29, 0.717) is 0 Å². The van der Waals surface area contributed by atoms with Gasteiger partial charge in [0, 0.05) is 15.9 Å². The smallest absolute Gasteiger partial charge is 0.295 e. The monoisotopic (exact) mass is 518 g/mol. The lowest BCUT2D eigenvalue weighted by atomic mass is 10.3. The van der Waals surface area contributed by atoms with Crippen LogP contribution in [0.4, 0.5) is 0 Å². The van der Waals surface area contributed by atoms with Crippen molar-refractivity contribution in [1.29, 1.82) is 0 Å². The van der Waals surface area contributed by atoms with Crippen molar-refractivity contribution < 1.29 is 43.5 Å². The summed E-state index contributed by atoms with van der Waals surface area (Å²) in [6.07, 6.45) is 0. The summed E-state index contributed by atoms with van der Waals surface area (Å²) in [5.74, 6) is 0. The summed E-state index contributed by atoms with van der Waals surface area (Å²) in [6, 6.07) is 13.0. The van der Waals surface area contributed by atoms with E-state index in [4.69, 9.17) is 0 Å². The van der Waals surface area contributed by atoms with Gasteiger partial charge in [0.2, 0.25) is 0 Å². The van der Waals surface area contributed by atoms with Crippen molar-refractivity contribution in [2.45, 2.75) is 14.7 Å². The van der Waals surface area contributed by atoms with Crippen LogP contribution in [-0.2, 0) is 34.9 Å². The molecule has 0 aliphatic heterocycles. The zero-order valence-corrected chi connectivity index (χ0v) is 19.1. The molecule has 0 atom stereocenters. The molecule has 3 aromatic carbocycles. The third-order valence-corrected chi connectivity index (χ3v) is 10.8. The van der Waals surface area contributed by atoms with Crippen LogP contribution >= 0.6 is 7.14 Å². The standard InChI is InChI=1S/C18H15O10PS3/c19-29(13-7-1-4-10-16(13)30(20,21)22,14-8-2-5-11-17(14)31(23,24)25)15-9-3-6-12-18(15)32(26,27)28/h1-12H,(H,20,21,22)(H,23,24,25)(H,26,27,28). The molecule has 14 heteroatoms. The second-order valence-electron chi connectivity index (χ2n) is 6.44. The van der Waals surface area contributed by atoms with Crippen molar-refractivity contribution in [2.24, 2.45) is 0 Å². The summed E-state index contributed by atoms with van der Waals surface area (Å²) >= 11 is 0. The quantitative estimate of drug-likeness (QED) is 0.315. The molecule has 0 fully saturated rings. The molecule has 3 rings (SSSR count). The molecule has 0 saturated heterocycles. The molecule has 0 saturated carbocycles. The molecule has 0 bridgehead atoms. The maximum absolute atomic E-state index is 14.7. The Morgan fingerprint density at radius 3 is 0.906 bits per heavy atom. The second kappa shape index (κ2) is 8.19. The van der Waals surface area contributed by atoms with E-state index < -0.39 is 68.1 Å². The van der Waals surface area contributed by atoms with E-state index in [-0.39, 0.29) is 0 Å². The fourth-order valence-corrected chi connectivity index (χ4v) is 9.96. The lowest BCUT2D eigenvalue weighted by Crippen LogP contribution is -2.33. The Morgan fingerprint density at radius 2 is 0.688 bits per heavy atom. The first kappa shape index (κ1) is 24.3. The molecule has 0 spiro atoms. The Morgan fingerprint density at radius 1 is 0.469 bits per heavy atom. The minimum Gasteiger partial charge on any atom is -0.308 e. The average molecular weight is 518 g/mol. The van der Waals surface area contributed by atoms with Crippen LogP contribution < -0.4 is 15.9 Å². The molecule has 3 N–H and O–H groups in total. The van der Waals surface area contributed by atoms with Crippen LogP contribution in [0.25, 0.3) is 0 Å². The predicted molar refractivity (Wildman–Crippen MR) is 115 cm³/mol. The maximum Gasteiger partial charge on any atom is 0.295 e. The Kier molecular flexibility index (Phi) is 6.21. The summed E-state index contributed by atoms with van der Waals surface area (Å²) < 4.78 is 116. The van der Waals surface area contributed by atoms with Gasteiger partial charge >= 0.3 is 0 Å². The fourth-order valence-electron chi connectivity index (χ4n) is 3.20. The van der Waals surface area contributed by atoms with E-state index >= 15 is 0 Å². The van der Waals surface area contributed by atoms with E-state index in [0.717, 1.165) is 36.4 Å². The molecule has 0 amide bonds. The number of hydrogen-bond donors (Lipinski definition) is 3. The lowest BCUT2D eigenvalue weighted by Gasteiger charge is -2.24. The molecule has 10 nitrogen and oxygen atoms in total. The topological polar surface area (TPSA) is 180 Å². The number of rotatable bonds is 6. The van der Waals surface area contributed by atoms with Gasteiger partial charge in [0.05, 0.1) is 0 Å². The molecule has 0 aliphatic rings. The van der Waals surface area contributed by atoms with E-state index in [1.54, 1.807) is 0 Å². The van der Waals surface area contributed by atoms with E-state index in [1.807, 2.05) is 0 Å². The average Bonchev–Trinajstić information content (AvgIpc) is 2.71. The zero-order chi connectivity index (χ0) is 23.9. The summed E-state index contributed by atoms with van der Waals surface area (Å²) in [4.78, 5) is -2.63. The predicted octanol–water partition coefficient (Wildman–Crippen LogP) is 1.07. The van der Waals surface area contributed by atoms with Gasteiger partial charge in [-0.2, -0.15) is 25.3 Å². The Hall–Kier alpha value is -2.38. The highest BCUT2D eigenvalue weighted by atomic mass is 32.2. The first-order chi connectivity index (χ1) is 14.7. The summed E-state index contributed by atoms with van der Waals surface area (Å²) in [5.41, 5.74) is 0. The van der Waals surface area contributed by atoms with Gasteiger partial charge in [-0.05, 0) is 36.4 Å². The van der Waals surface area contributed by atoms with E-state index in [9.17, 15) is 43.5 Å². The van der Waals surface area contributed by atoms with Crippen LogP contribution in [0.1, 0.15) is 0 Å². The molecule has 170 valence electrons. The molecule has 0 aliphatic carbocycles. The third kappa shape index (κ3) is 4.41. The molecular weight excluding hydrogens is 503 g/mol. The maximum atomic E-state index is 14.7. The van der Waals surface area contributed by atoms with Gasteiger partial charge in [-0.15, -0.1) is 0 Å². The summed E-state index contributed by atoms with van der Waals surface area (Å²) in [7, 11) is -19.9. The third-order valence-electron chi connectivity index (χ3n) is 4.45. The van der Waals surface area contributed by atoms with Gasteiger partial charge in [-0.3, -0.25) is 13.7 Å². The lowest BCUT2D eigenvalue weighted by molar-refractivity contribution is 0.482. The van der Waals surface area contributed by atoms with Crippen LogP contribution in [0.2, 0.25) is 0 Å². The first-order valence-corrected chi connectivity index (χ1v) is 14.5. The Balaban J connectivity index is 2.65. The van der Waals surface area contributed by atoms with Crippen molar-refractivity contribution in [3.05, 3.63) is 72.8 Å². The van der Waals surface area contributed by atoms with Crippen molar-refractivity contribution >= 4 is 53.4 Å². The van der Waals surface area contributed by atoms with Crippen molar-refractivity contribution in [1.82, 2.24) is 0 Å². The molecule has 0 heterocycles. The van der Waals surface area contributed by atoms with Crippen molar-refractivity contribution in [3.63, 3.8) is 0 Å². The highest BCUT2D eigenvalue weighted by molar-refractivity contribution is 7.92. The zero-order valence-electron chi connectivity index (χ0n) is 15.8. The van der Waals surface area contributed by atoms with Crippen LogP contribution in [-0.4, -0.2) is 38.9 Å². The van der Waals surface area contributed by atoms with Gasteiger partial charge in [-0.1, -0.05) is 36.4 Å². The minimum absolute atomic E-state index is 0.630. The molecule has 0 aromatic heterocycles. The van der Waals surface area contributed by atoms with E-state index in [1.165, 1.54) is 36.4 Å². The number of hydrogen-bond acceptors (Lipinski definition) is 7. The molecule has 0 radical (unpaired) electrons. The highest BCUT2D eigenvalue weighted by Gasteiger charge is 2.41. The molecule has 0 unspecified atom stereocenters. The van der Waals surface area contributed by atoms with Gasteiger partial charge in [-0.25, -0.2) is 0 Å². The second-order valence-corrected chi connectivity index (χ2v) is 13.3. The highest BCUT2D eigenvalue weighted by Crippen LogP contribution is 2.47. The summed E-state index contributed by atoms with van der Waals surface area (Å²) in [5, 5.41) is -1.89.